The lowest BCUT2D eigenvalue weighted by atomic mass is 9.86. The molecular weight excluding hydrogens is 228 g/mol. The Kier molecular flexibility index (Phi) is 5.79. The van der Waals surface area contributed by atoms with Gasteiger partial charge in [-0.1, -0.05) is 37.3 Å². The van der Waals surface area contributed by atoms with E-state index in [2.05, 4.69) is 19.1 Å². The molecule has 0 heterocycles. The van der Waals surface area contributed by atoms with Crippen LogP contribution in [0.2, 0.25) is 0 Å². The van der Waals surface area contributed by atoms with E-state index in [4.69, 9.17) is 9.47 Å². The zero-order valence-electron chi connectivity index (χ0n) is 11.7. The predicted octanol–water partition coefficient (Wildman–Crippen LogP) is 2.63. The van der Waals surface area contributed by atoms with E-state index in [0.29, 0.717) is 0 Å². The molecule has 1 aromatic carbocycles. The molecule has 0 bridgehead atoms. The topological polar surface area (TPSA) is 38.7 Å². The number of methoxy groups -OCH3 is 1. The van der Waals surface area contributed by atoms with Crippen LogP contribution in [0.15, 0.2) is 30.3 Å². The van der Waals surface area contributed by atoms with E-state index in [-0.39, 0.29) is 18.8 Å². The minimum Gasteiger partial charge on any atom is -0.388 e. The van der Waals surface area contributed by atoms with Gasteiger partial charge in [-0.3, -0.25) is 0 Å². The molecule has 0 spiro atoms. The summed E-state index contributed by atoms with van der Waals surface area (Å²) in [5.74, 6) is 0.211. The number of aliphatic hydroxyl groups is 1. The fraction of sp³-hybridized carbons (Fsp3) is 0.600. The zero-order valence-corrected chi connectivity index (χ0v) is 11.7. The quantitative estimate of drug-likeness (QED) is 0.758. The number of ether oxygens (including phenoxy) is 2. The molecule has 1 rings (SSSR count). The third-order valence-electron chi connectivity index (χ3n) is 2.98. The lowest BCUT2D eigenvalue weighted by Crippen LogP contribution is -2.43. The van der Waals surface area contributed by atoms with Gasteiger partial charge in [0.1, 0.15) is 6.79 Å². The molecule has 0 fully saturated rings. The summed E-state index contributed by atoms with van der Waals surface area (Å²) >= 11 is 0. The number of benzene rings is 1. The molecule has 18 heavy (non-hydrogen) atoms. The van der Waals surface area contributed by atoms with Crippen molar-refractivity contribution in [1.29, 1.82) is 0 Å². The maximum Gasteiger partial charge on any atom is 0.146 e. The average molecular weight is 252 g/mol. The molecule has 0 radical (unpaired) electrons. The fourth-order valence-corrected chi connectivity index (χ4v) is 2.30. The minimum absolute atomic E-state index is 0.202. The highest BCUT2D eigenvalue weighted by molar-refractivity contribution is 5.15. The van der Waals surface area contributed by atoms with Crippen molar-refractivity contribution in [2.24, 2.45) is 5.92 Å². The first kappa shape index (κ1) is 15.2. The first-order valence-corrected chi connectivity index (χ1v) is 6.32. The van der Waals surface area contributed by atoms with Crippen molar-refractivity contribution in [3.8, 4) is 0 Å². The van der Waals surface area contributed by atoms with E-state index in [1.807, 2.05) is 18.2 Å². The zero-order chi connectivity index (χ0) is 13.6. The van der Waals surface area contributed by atoms with Crippen molar-refractivity contribution in [2.45, 2.75) is 38.9 Å². The van der Waals surface area contributed by atoms with E-state index in [1.54, 1.807) is 21.0 Å². The average Bonchev–Trinajstić information content (AvgIpc) is 2.29. The van der Waals surface area contributed by atoms with Gasteiger partial charge in [-0.15, -0.1) is 0 Å². The summed E-state index contributed by atoms with van der Waals surface area (Å²) in [6, 6.07) is 10.2. The molecule has 3 heteroatoms. The van der Waals surface area contributed by atoms with Crippen LogP contribution in [0.4, 0.5) is 0 Å². The van der Waals surface area contributed by atoms with E-state index < -0.39 is 5.60 Å². The predicted molar refractivity (Wildman–Crippen MR) is 72.4 cm³/mol. The molecule has 2 atom stereocenters. The molecule has 0 aliphatic carbocycles. The molecule has 0 unspecified atom stereocenters. The molecule has 0 saturated carbocycles. The van der Waals surface area contributed by atoms with Crippen LogP contribution in [0.25, 0.3) is 0 Å². The monoisotopic (exact) mass is 252 g/mol. The molecule has 3 nitrogen and oxygen atoms in total. The van der Waals surface area contributed by atoms with Crippen molar-refractivity contribution < 1.29 is 14.6 Å². The van der Waals surface area contributed by atoms with Gasteiger partial charge in [-0.25, -0.2) is 0 Å². The summed E-state index contributed by atoms with van der Waals surface area (Å²) in [6.45, 7) is 5.84. The molecule has 102 valence electrons. The Morgan fingerprint density at radius 3 is 2.33 bits per heavy atom. The van der Waals surface area contributed by atoms with Gasteiger partial charge < -0.3 is 14.6 Å². The summed E-state index contributed by atoms with van der Waals surface area (Å²) in [6.07, 6.45) is 0.622. The van der Waals surface area contributed by atoms with Gasteiger partial charge in [0.05, 0.1) is 11.7 Å². The van der Waals surface area contributed by atoms with Gasteiger partial charge in [0.15, 0.2) is 0 Å². The van der Waals surface area contributed by atoms with E-state index >= 15 is 0 Å². The van der Waals surface area contributed by atoms with Gasteiger partial charge >= 0.3 is 0 Å². The van der Waals surface area contributed by atoms with Crippen LogP contribution in [-0.2, 0) is 15.9 Å². The van der Waals surface area contributed by atoms with Crippen molar-refractivity contribution in [1.82, 2.24) is 0 Å². The van der Waals surface area contributed by atoms with E-state index in [9.17, 15) is 5.11 Å². The SMILES string of the molecule is COCO[C@@H]([C@@H](C)Cc1ccccc1)C(C)(C)O. The smallest absolute Gasteiger partial charge is 0.146 e. The van der Waals surface area contributed by atoms with Crippen LogP contribution in [0, 0.1) is 5.92 Å². The second-order valence-electron chi connectivity index (χ2n) is 5.31. The minimum atomic E-state index is -0.882. The molecule has 0 aliphatic heterocycles. The van der Waals surface area contributed by atoms with Crippen LogP contribution in [-0.4, -0.2) is 30.7 Å². The highest BCUT2D eigenvalue weighted by Crippen LogP contribution is 2.24. The Hall–Kier alpha value is -0.900. The van der Waals surface area contributed by atoms with Gasteiger partial charge in [0.2, 0.25) is 0 Å². The second kappa shape index (κ2) is 6.88. The molecular formula is C15H24O3. The Bertz CT molecular complexity index is 329. The van der Waals surface area contributed by atoms with Crippen LogP contribution < -0.4 is 0 Å². The normalized spacial score (nSPS) is 15.4. The van der Waals surface area contributed by atoms with Crippen molar-refractivity contribution in [2.75, 3.05) is 13.9 Å². The molecule has 1 aromatic rings. The molecule has 0 aliphatic rings. The lowest BCUT2D eigenvalue weighted by molar-refractivity contribution is -0.160. The van der Waals surface area contributed by atoms with E-state index in [0.717, 1.165) is 6.42 Å². The summed E-state index contributed by atoms with van der Waals surface area (Å²) < 4.78 is 10.6. The van der Waals surface area contributed by atoms with Gasteiger partial charge in [-0.2, -0.15) is 0 Å². The standard InChI is InChI=1S/C15H24O3/c1-12(10-13-8-6-5-7-9-13)14(15(2,3)16)18-11-17-4/h5-9,12,14,16H,10-11H2,1-4H3/t12-,14-/m0/s1. The fourth-order valence-electron chi connectivity index (χ4n) is 2.30. The van der Waals surface area contributed by atoms with Crippen LogP contribution >= 0.6 is 0 Å². The molecule has 0 saturated heterocycles. The third kappa shape index (κ3) is 4.77. The Morgan fingerprint density at radius 2 is 1.83 bits per heavy atom. The summed E-state index contributed by atoms with van der Waals surface area (Å²) in [5.41, 5.74) is 0.368. The largest absolute Gasteiger partial charge is 0.388 e. The summed E-state index contributed by atoms with van der Waals surface area (Å²) in [4.78, 5) is 0. The summed E-state index contributed by atoms with van der Waals surface area (Å²) in [7, 11) is 1.59. The Morgan fingerprint density at radius 1 is 1.22 bits per heavy atom. The molecule has 0 amide bonds. The van der Waals surface area contributed by atoms with Gasteiger partial charge in [-0.05, 0) is 31.7 Å². The third-order valence-corrected chi connectivity index (χ3v) is 2.98. The van der Waals surface area contributed by atoms with Gasteiger partial charge in [0.25, 0.3) is 0 Å². The second-order valence-corrected chi connectivity index (χ2v) is 5.31. The maximum atomic E-state index is 10.2. The number of hydrogen-bond donors (Lipinski definition) is 1. The van der Waals surface area contributed by atoms with Gasteiger partial charge in [0, 0.05) is 7.11 Å². The maximum absolute atomic E-state index is 10.2. The first-order valence-electron chi connectivity index (χ1n) is 6.32. The van der Waals surface area contributed by atoms with Crippen LogP contribution in [0.3, 0.4) is 0 Å². The Labute approximate surface area is 110 Å². The highest BCUT2D eigenvalue weighted by atomic mass is 16.7. The van der Waals surface area contributed by atoms with Crippen LogP contribution in [0.1, 0.15) is 26.3 Å². The molecule has 0 aromatic heterocycles. The van der Waals surface area contributed by atoms with E-state index in [1.165, 1.54) is 5.56 Å². The summed E-state index contributed by atoms with van der Waals surface area (Å²) in [5, 5.41) is 10.2. The first-order chi connectivity index (χ1) is 8.45. The molecule has 1 N–H and O–H groups in total. The highest BCUT2D eigenvalue weighted by Gasteiger charge is 2.32. The van der Waals surface area contributed by atoms with Crippen LogP contribution in [0.5, 0.6) is 0 Å². The lowest BCUT2D eigenvalue weighted by Gasteiger charge is -2.34. The Balaban J connectivity index is 2.67. The van der Waals surface area contributed by atoms with Crippen molar-refractivity contribution in [3.63, 3.8) is 0 Å². The number of rotatable bonds is 7. The van der Waals surface area contributed by atoms with Crippen molar-refractivity contribution in [3.05, 3.63) is 35.9 Å². The van der Waals surface area contributed by atoms with Crippen molar-refractivity contribution >= 4 is 0 Å². The number of hydrogen-bond acceptors (Lipinski definition) is 3.